The Balaban J connectivity index is 2.13. The van der Waals surface area contributed by atoms with Gasteiger partial charge in [-0.15, -0.1) is 0 Å². The van der Waals surface area contributed by atoms with Gasteiger partial charge in [-0.25, -0.2) is 0 Å². The molecule has 0 radical (unpaired) electrons. The summed E-state index contributed by atoms with van der Waals surface area (Å²) in [5.74, 6) is 1.03. The second-order valence-electron chi connectivity index (χ2n) is 4.68. The van der Waals surface area contributed by atoms with Gasteiger partial charge in [-0.2, -0.15) is 0 Å². The van der Waals surface area contributed by atoms with Crippen LogP contribution in [0.3, 0.4) is 0 Å². The van der Waals surface area contributed by atoms with Crippen LogP contribution in [0, 0.1) is 3.57 Å². The van der Waals surface area contributed by atoms with Crippen LogP contribution in [0.25, 0.3) is 0 Å². The fraction of sp³-hybridized carbons (Fsp3) is 0.235. The van der Waals surface area contributed by atoms with Crippen LogP contribution in [0.15, 0.2) is 42.5 Å². The van der Waals surface area contributed by atoms with Crippen molar-refractivity contribution in [1.29, 1.82) is 0 Å². The number of carbonyl (C=O) groups is 1. The molecule has 0 aliphatic rings. The molecule has 0 aliphatic carbocycles. The first-order valence-corrected chi connectivity index (χ1v) is 8.09. The molecule has 2 aromatic carbocycles. The number of ether oxygens (including phenoxy) is 2. The van der Waals surface area contributed by atoms with Crippen LogP contribution in [-0.4, -0.2) is 19.6 Å². The lowest BCUT2D eigenvalue weighted by Gasteiger charge is -2.12. The van der Waals surface area contributed by atoms with Gasteiger partial charge >= 0.3 is 0 Å². The van der Waals surface area contributed by atoms with Crippen LogP contribution >= 0.6 is 22.6 Å². The molecular formula is C17H18INO3. The normalized spacial score (nSPS) is 10.1. The smallest absolute Gasteiger partial charge is 0.255 e. The molecule has 1 amide bonds. The van der Waals surface area contributed by atoms with Crippen LogP contribution < -0.4 is 14.8 Å². The van der Waals surface area contributed by atoms with E-state index < -0.39 is 0 Å². The quantitative estimate of drug-likeness (QED) is 0.720. The largest absolute Gasteiger partial charge is 0.493 e. The first kappa shape index (κ1) is 16.6. The molecule has 5 heteroatoms. The Hall–Kier alpha value is -1.76. The van der Waals surface area contributed by atoms with E-state index in [4.69, 9.17) is 9.47 Å². The number of benzene rings is 2. The number of amides is 1. The van der Waals surface area contributed by atoms with Crippen molar-refractivity contribution in [3.63, 3.8) is 0 Å². The van der Waals surface area contributed by atoms with E-state index in [1.807, 2.05) is 31.2 Å². The molecule has 0 unspecified atom stereocenters. The van der Waals surface area contributed by atoms with E-state index in [9.17, 15) is 4.79 Å². The predicted molar refractivity (Wildman–Crippen MR) is 95.9 cm³/mol. The number of anilines is 1. The Labute approximate surface area is 144 Å². The van der Waals surface area contributed by atoms with Crippen LogP contribution in [0.5, 0.6) is 11.5 Å². The molecule has 0 heterocycles. The van der Waals surface area contributed by atoms with Gasteiger partial charge in [-0.05, 0) is 71.5 Å². The van der Waals surface area contributed by atoms with Crippen molar-refractivity contribution in [2.45, 2.75) is 13.3 Å². The molecule has 116 valence electrons. The van der Waals surface area contributed by atoms with Crippen LogP contribution in [-0.2, 0) is 0 Å². The summed E-state index contributed by atoms with van der Waals surface area (Å²) >= 11 is 2.22. The van der Waals surface area contributed by atoms with Crippen molar-refractivity contribution in [3.8, 4) is 11.5 Å². The van der Waals surface area contributed by atoms with Crippen molar-refractivity contribution < 1.29 is 14.3 Å². The molecule has 0 aromatic heterocycles. The molecule has 2 aromatic rings. The van der Waals surface area contributed by atoms with Crippen LogP contribution in [0.2, 0.25) is 0 Å². The molecule has 0 spiro atoms. The van der Waals surface area contributed by atoms with Gasteiger partial charge in [0.15, 0.2) is 11.5 Å². The maximum absolute atomic E-state index is 12.3. The van der Waals surface area contributed by atoms with Crippen molar-refractivity contribution in [1.82, 2.24) is 0 Å². The second-order valence-corrected chi connectivity index (χ2v) is 5.92. The summed E-state index contributed by atoms with van der Waals surface area (Å²) in [4.78, 5) is 12.3. The number of hydrogen-bond acceptors (Lipinski definition) is 3. The van der Waals surface area contributed by atoms with Gasteiger partial charge in [-0.3, -0.25) is 4.79 Å². The third-order valence-electron chi connectivity index (χ3n) is 2.99. The third-order valence-corrected chi connectivity index (χ3v) is 3.71. The Morgan fingerprint density at radius 1 is 1.14 bits per heavy atom. The molecule has 0 saturated heterocycles. The lowest BCUT2D eigenvalue weighted by atomic mass is 10.2. The minimum atomic E-state index is -0.179. The molecule has 0 atom stereocenters. The van der Waals surface area contributed by atoms with E-state index in [-0.39, 0.29) is 5.91 Å². The first-order chi connectivity index (χ1) is 10.6. The zero-order chi connectivity index (χ0) is 15.9. The first-order valence-electron chi connectivity index (χ1n) is 7.01. The summed E-state index contributed by atoms with van der Waals surface area (Å²) in [6.07, 6.45) is 0.915. The number of hydrogen-bond donors (Lipinski definition) is 1. The summed E-state index contributed by atoms with van der Waals surface area (Å²) in [7, 11) is 1.56. The predicted octanol–water partition coefficient (Wildman–Crippen LogP) is 4.34. The van der Waals surface area contributed by atoms with E-state index in [2.05, 4.69) is 27.9 Å². The fourth-order valence-electron chi connectivity index (χ4n) is 1.88. The average Bonchev–Trinajstić information content (AvgIpc) is 2.54. The number of methoxy groups -OCH3 is 1. The standard InChI is InChI=1S/C17H18INO3/c1-3-10-22-15-9-4-12(11-16(15)21-2)17(20)19-14-7-5-13(18)6-8-14/h4-9,11H,3,10H2,1-2H3,(H,19,20). The summed E-state index contributed by atoms with van der Waals surface area (Å²) in [6.45, 7) is 2.65. The van der Waals surface area contributed by atoms with Gasteiger partial charge in [0.1, 0.15) is 0 Å². The van der Waals surface area contributed by atoms with Gasteiger partial charge in [0.05, 0.1) is 13.7 Å². The molecule has 2 rings (SSSR count). The number of halogens is 1. The van der Waals surface area contributed by atoms with E-state index in [0.29, 0.717) is 23.7 Å². The highest BCUT2D eigenvalue weighted by Gasteiger charge is 2.11. The number of nitrogens with one attached hydrogen (secondary N) is 1. The van der Waals surface area contributed by atoms with Gasteiger partial charge in [0.25, 0.3) is 5.91 Å². The van der Waals surface area contributed by atoms with Crippen molar-refractivity contribution in [2.24, 2.45) is 0 Å². The minimum Gasteiger partial charge on any atom is -0.493 e. The number of carbonyl (C=O) groups excluding carboxylic acids is 1. The van der Waals surface area contributed by atoms with Crippen LogP contribution in [0.1, 0.15) is 23.7 Å². The van der Waals surface area contributed by atoms with Gasteiger partial charge < -0.3 is 14.8 Å². The molecule has 0 aliphatic heterocycles. The molecular weight excluding hydrogens is 393 g/mol. The van der Waals surface area contributed by atoms with Crippen LogP contribution in [0.4, 0.5) is 5.69 Å². The Bertz CT molecular complexity index is 641. The lowest BCUT2D eigenvalue weighted by molar-refractivity contribution is 0.102. The SMILES string of the molecule is CCCOc1ccc(C(=O)Nc2ccc(I)cc2)cc1OC. The maximum Gasteiger partial charge on any atom is 0.255 e. The highest BCUT2D eigenvalue weighted by Crippen LogP contribution is 2.28. The zero-order valence-electron chi connectivity index (χ0n) is 12.6. The maximum atomic E-state index is 12.3. The molecule has 4 nitrogen and oxygen atoms in total. The Kier molecular flexibility index (Phi) is 6.06. The Morgan fingerprint density at radius 2 is 1.86 bits per heavy atom. The molecule has 1 N–H and O–H groups in total. The zero-order valence-corrected chi connectivity index (χ0v) is 14.7. The highest BCUT2D eigenvalue weighted by molar-refractivity contribution is 14.1. The van der Waals surface area contributed by atoms with Gasteiger partial charge in [0, 0.05) is 14.8 Å². The minimum absolute atomic E-state index is 0.179. The third kappa shape index (κ3) is 4.37. The van der Waals surface area contributed by atoms with Gasteiger partial charge in [-0.1, -0.05) is 6.92 Å². The number of rotatable bonds is 6. The molecule has 0 fully saturated rings. The van der Waals surface area contributed by atoms with Crippen molar-refractivity contribution in [2.75, 3.05) is 19.0 Å². The fourth-order valence-corrected chi connectivity index (χ4v) is 2.24. The highest BCUT2D eigenvalue weighted by atomic mass is 127. The Morgan fingerprint density at radius 3 is 2.50 bits per heavy atom. The summed E-state index contributed by atoms with van der Waals surface area (Å²) in [6, 6.07) is 12.8. The van der Waals surface area contributed by atoms with E-state index in [1.165, 1.54) is 0 Å². The van der Waals surface area contributed by atoms with Crippen molar-refractivity contribution >= 4 is 34.2 Å². The molecule has 0 bridgehead atoms. The monoisotopic (exact) mass is 411 g/mol. The van der Waals surface area contributed by atoms with E-state index >= 15 is 0 Å². The van der Waals surface area contributed by atoms with Crippen molar-refractivity contribution in [3.05, 3.63) is 51.6 Å². The van der Waals surface area contributed by atoms with E-state index in [1.54, 1.807) is 25.3 Å². The summed E-state index contributed by atoms with van der Waals surface area (Å²) < 4.78 is 12.0. The molecule has 0 saturated carbocycles. The second kappa shape index (κ2) is 8.03. The summed E-state index contributed by atoms with van der Waals surface area (Å²) in [5, 5.41) is 2.86. The summed E-state index contributed by atoms with van der Waals surface area (Å²) in [5.41, 5.74) is 1.29. The lowest BCUT2D eigenvalue weighted by Crippen LogP contribution is -2.12. The molecule has 22 heavy (non-hydrogen) atoms. The van der Waals surface area contributed by atoms with Gasteiger partial charge in [0.2, 0.25) is 0 Å². The average molecular weight is 411 g/mol. The van der Waals surface area contributed by atoms with E-state index in [0.717, 1.165) is 15.7 Å². The topological polar surface area (TPSA) is 47.6 Å².